The number of fused-ring (bicyclic) bond motifs is 1. The molecule has 3 rings (SSSR count). The van der Waals surface area contributed by atoms with Crippen molar-refractivity contribution in [3.63, 3.8) is 0 Å². The van der Waals surface area contributed by atoms with Crippen molar-refractivity contribution in [2.75, 3.05) is 13.1 Å². The van der Waals surface area contributed by atoms with Gasteiger partial charge in [0, 0.05) is 18.4 Å². The molecule has 1 atom stereocenters. The van der Waals surface area contributed by atoms with Crippen LogP contribution in [0.15, 0.2) is 0 Å². The molecule has 0 aliphatic carbocycles. The number of hydrogen-bond donors (Lipinski definition) is 1. The predicted octanol–water partition coefficient (Wildman–Crippen LogP) is 2.28. The first kappa shape index (κ1) is 13.1. The molecular formula is C15H26N4. The Morgan fingerprint density at radius 2 is 2.11 bits per heavy atom. The van der Waals surface area contributed by atoms with Gasteiger partial charge in [-0.3, -0.25) is 0 Å². The van der Waals surface area contributed by atoms with E-state index in [0.717, 1.165) is 32.0 Å². The quantitative estimate of drug-likeness (QED) is 0.909. The Bertz CT molecular complexity index is 426. The van der Waals surface area contributed by atoms with Gasteiger partial charge < -0.3 is 9.88 Å². The molecule has 2 aliphatic rings. The molecule has 1 aromatic heterocycles. The molecule has 0 aromatic carbocycles. The lowest BCUT2D eigenvalue weighted by Crippen LogP contribution is -2.42. The summed E-state index contributed by atoms with van der Waals surface area (Å²) >= 11 is 0. The van der Waals surface area contributed by atoms with Crippen molar-refractivity contribution in [1.82, 2.24) is 20.1 Å². The van der Waals surface area contributed by atoms with Crippen molar-refractivity contribution >= 4 is 0 Å². The number of aromatic nitrogens is 3. The van der Waals surface area contributed by atoms with Gasteiger partial charge in [-0.2, -0.15) is 0 Å². The number of nitrogens with one attached hydrogen (secondary N) is 1. The Morgan fingerprint density at radius 3 is 2.84 bits per heavy atom. The summed E-state index contributed by atoms with van der Waals surface area (Å²) in [5.41, 5.74) is 0.284. The zero-order valence-corrected chi connectivity index (χ0v) is 12.3. The average Bonchev–Trinajstić information content (AvgIpc) is 2.83. The fourth-order valence-corrected chi connectivity index (χ4v) is 3.85. The molecule has 19 heavy (non-hydrogen) atoms. The van der Waals surface area contributed by atoms with Crippen molar-refractivity contribution < 1.29 is 0 Å². The van der Waals surface area contributed by atoms with E-state index in [4.69, 9.17) is 0 Å². The second-order valence-electron chi connectivity index (χ2n) is 6.47. The zero-order valence-electron chi connectivity index (χ0n) is 12.3. The van der Waals surface area contributed by atoms with E-state index >= 15 is 0 Å². The number of piperidine rings is 1. The van der Waals surface area contributed by atoms with Gasteiger partial charge >= 0.3 is 0 Å². The van der Waals surface area contributed by atoms with E-state index in [9.17, 15) is 0 Å². The van der Waals surface area contributed by atoms with Crippen LogP contribution in [0.4, 0.5) is 0 Å². The van der Waals surface area contributed by atoms with Crippen molar-refractivity contribution in [2.24, 2.45) is 5.92 Å². The van der Waals surface area contributed by atoms with Crippen LogP contribution in [0.1, 0.15) is 57.6 Å². The van der Waals surface area contributed by atoms with Crippen molar-refractivity contribution in [2.45, 2.75) is 64.3 Å². The van der Waals surface area contributed by atoms with Crippen LogP contribution >= 0.6 is 0 Å². The lowest BCUT2D eigenvalue weighted by molar-refractivity contribution is 0.254. The highest BCUT2D eigenvalue weighted by atomic mass is 15.3. The van der Waals surface area contributed by atoms with Gasteiger partial charge in [0.25, 0.3) is 0 Å². The topological polar surface area (TPSA) is 42.7 Å². The standard InChI is InChI=1S/C15H26N4/c1-3-5-15(6-8-16-9-7-15)14-18-17-13-11-12(2)4-10-19(13)14/h12,16H,3-11H2,1-2H3. The van der Waals surface area contributed by atoms with E-state index in [1.165, 1.54) is 43.8 Å². The van der Waals surface area contributed by atoms with E-state index in [1.807, 2.05) is 0 Å². The van der Waals surface area contributed by atoms with Crippen LogP contribution in [-0.4, -0.2) is 27.9 Å². The second-order valence-corrected chi connectivity index (χ2v) is 6.47. The van der Waals surface area contributed by atoms with Gasteiger partial charge in [-0.15, -0.1) is 10.2 Å². The molecule has 1 saturated heterocycles. The van der Waals surface area contributed by atoms with Crippen LogP contribution in [0.25, 0.3) is 0 Å². The minimum Gasteiger partial charge on any atom is -0.317 e. The third-order valence-corrected chi connectivity index (χ3v) is 4.97. The molecule has 0 saturated carbocycles. The summed E-state index contributed by atoms with van der Waals surface area (Å²) in [6, 6.07) is 0. The maximum absolute atomic E-state index is 4.63. The fourth-order valence-electron chi connectivity index (χ4n) is 3.85. The van der Waals surface area contributed by atoms with Crippen molar-refractivity contribution in [3.05, 3.63) is 11.6 Å². The smallest absolute Gasteiger partial charge is 0.139 e. The highest BCUT2D eigenvalue weighted by Gasteiger charge is 2.38. The monoisotopic (exact) mass is 262 g/mol. The maximum Gasteiger partial charge on any atom is 0.139 e. The first-order valence-corrected chi connectivity index (χ1v) is 7.88. The molecule has 1 unspecified atom stereocenters. The second kappa shape index (κ2) is 5.23. The summed E-state index contributed by atoms with van der Waals surface area (Å²) in [6.45, 7) is 7.98. The zero-order chi connectivity index (χ0) is 13.3. The fraction of sp³-hybridized carbons (Fsp3) is 0.867. The molecule has 4 nitrogen and oxygen atoms in total. The van der Waals surface area contributed by atoms with Gasteiger partial charge in [-0.25, -0.2) is 0 Å². The van der Waals surface area contributed by atoms with Crippen LogP contribution in [0.2, 0.25) is 0 Å². The normalized spacial score (nSPS) is 26.1. The Hall–Kier alpha value is -0.900. The Labute approximate surface area is 116 Å². The molecule has 1 N–H and O–H groups in total. The molecule has 0 bridgehead atoms. The minimum atomic E-state index is 0.284. The summed E-state index contributed by atoms with van der Waals surface area (Å²) in [5.74, 6) is 3.28. The van der Waals surface area contributed by atoms with Crippen molar-refractivity contribution in [3.8, 4) is 0 Å². The Balaban J connectivity index is 1.95. The largest absolute Gasteiger partial charge is 0.317 e. The predicted molar refractivity (Wildman–Crippen MR) is 76.2 cm³/mol. The molecule has 1 fully saturated rings. The van der Waals surface area contributed by atoms with Gasteiger partial charge in [-0.05, 0) is 44.7 Å². The lowest BCUT2D eigenvalue weighted by Gasteiger charge is -2.37. The van der Waals surface area contributed by atoms with Crippen molar-refractivity contribution in [1.29, 1.82) is 0 Å². The molecule has 1 aromatic rings. The Kier molecular flexibility index (Phi) is 3.61. The van der Waals surface area contributed by atoms with Gasteiger partial charge in [0.1, 0.15) is 11.6 Å². The molecule has 0 radical (unpaired) electrons. The van der Waals surface area contributed by atoms with E-state index in [0.29, 0.717) is 0 Å². The van der Waals surface area contributed by atoms with Crippen LogP contribution in [0.5, 0.6) is 0 Å². The average molecular weight is 262 g/mol. The summed E-state index contributed by atoms with van der Waals surface area (Å²) < 4.78 is 2.45. The highest BCUT2D eigenvalue weighted by molar-refractivity contribution is 5.14. The molecule has 4 heteroatoms. The molecule has 0 amide bonds. The number of nitrogens with zero attached hydrogens (tertiary/aromatic N) is 3. The highest BCUT2D eigenvalue weighted by Crippen LogP contribution is 2.38. The summed E-state index contributed by atoms with van der Waals surface area (Å²) in [7, 11) is 0. The minimum absolute atomic E-state index is 0.284. The van der Waals surface area contributed by atoms with Crippen LogP contribution in [0.3, 0.4) is 0 Å². The van der Waals surface area contributed by atoms with Gasteiger partial charge in [-0.1, -0.05) is 20.3 Å². The lowest BCUT2D eigenvalue weighted by atomic mass is 9.74. The van der Waals surface area contributed by atoms with Crippen LogP contribution in [-0.2, 0) is 18.4 Å². The molecule has 106 valence electrons. The first-order valence-electron chi connectivity index (χ1n) is 7.88. The Morgan fingerprint density at radius 1 is 1.32 bits per heavy atom. The first-order chi connectivity index (χ1) is 9.25. The SMILES string of the molecule is CCCC1(c2nnc3n2CCC(C)C3)CCNCC1. The third-order valence-electron chi connectivity index (χ3n) is 4.97. The van der Waals surface area contributed by atoms with Gasteiger partial charge in [0.05, 0.1) is 0 Å². The van der Waals surface area contributed by atoms with E-state index in [-0.39, 0.29) is 5.41 Å². The molecule has 3 heterocycles. The summed E-state index contributed by atoms with van der Waals surface area (Å²) in [6.07, 6.45) is 7.30. The van der Waals surface area contributed by atoms with Gasteiger partial charge in [0.2, 0.25) is 0 Å². The molecule has 2 aliphatic heterocycles. The summed E-state index contributed by atoms with van der Waals surface area (Å²) in [4.78, 5) is 0. The van der Waals surface area contributed by atoms with Crippen LogP contribution in [0, 0.1) is 5.92 Å². The third kappa shape index (κ3) is 2.31. The number of rotatable bonds is 3. The summed E-state index contributed by atoms with van der Waals surface area (Å²) in [5, 5.41) is 12.6. The maximum atomic E-state index is 4.63. The van der Waals surface area contributed by atoms with E-state index < -0.39 is 0 Å². The van der Waals surface area contributed by atoms with Crippen LogP contribution < -0.4 is 5.32 Å². The van der Waals surface area contributed by atoms with Gasteiger partial charge in [0.15, 0.2) is 0 Å². The van der Waals surface area contributed by atoms with E-state index in [2.05, 4.69) is 33.9 Å². The molecule has 0 spiro atoms. The number of hydrogen-bond acceptors (Lipinski definition) is 3. The molecular weight excluding hydrogens is 236 g/mol. The van der Waals surface area contributed by atoms with E-state index in [1.54, 1.807) is 0 Å².